The van der Waals surface area contributed by atoms with Crippen LogP contribution >= 0.6 is 0 Å². The topological polar surface area (TPSA) is 136 Å². The van der Waals surface area contributed by atoms with E-state index in [9.17, 15) is 22.4 Å². The maximum atomic E-state index is 15.6. The molecule has 2 aromatic heterocycles. The predicted molar refractivity (Wildman–Crippen MR) is 185 cm³/mol. The SMILES string of the molecule is O=C(OCc1ccccc1)N1C[C@@H](F)C[C@H](Nc2ncc3cc(-c4ccc(NS(=O)(=O)Cc5ccccc5)c(F)c4F)c(=O)n(C4CC4)c3n2)C1. The van der Waals surface area contributed by atoms with Gasteiger partial charge in [0.1, 0.15) is 18.4 Å². The van der Waals surface area contributed by atoms with Gasteiger partial charge in [0.05, 0.1) is 23.5 Å². The quantitative estimate of drug-likeness (QED) is 0.175. The number of ether oxygens (including phenoxy) is 1. The minimum Gasteiger partial charge on any atom is -0.445 e. The third-order valence-electron chi connectivity index (χ3n) is 8.72. The van der Waals surface area contributed by atoms with E-state index in [-0.39, 0.29) is 54.9 Å². The number of aromatic nitrogens is 3. The molecule has 15 heteroatoms. The summed E-state index contributed by atoms with van der Waals surface area (Å²) >= 11 is 0. The van der Waals surface area contributed by atoms with Gasteiger partial charge in [-0.2, -0.15) is 4.98 Å². The van der Waals surface area contributed by atoms with Crippen LogP contribution in [0.3, 0.4) is 0 Å². The number of amides is 1. The lowest BCUT2D eigenvalue weighted by molar-refractivity contribution is 0.0685. The molecule has 1 aliphatic carbocycles. The summed E-state index contributed by atoms with van der Waals surface area (Å²) in [6.45, 7) is 0.0626. The Labute approximate surface area is 291 Å². The van der Waals surface area contributed by atoms with Gasteiger partial charge in [0.25, 0.3) is 5.56 Å². The second-order valence-electron chi connectivity index (χ2n) is 12.7. The van der Waals surface area contributed by atoms with Gasteiger partial charge >= 0.3 is 6.09 Å². The number of nitrogens with one attached hydrogen (secondary N) is 2. The van der Waals surface area contributed by atoms with Crippen LogP contribution in [-0.4, -0.2) is 59.2 Å². The molecule has 0 spiro atoms. The third-order valence-corrected chi connectivity index (χ3v) is 9.96. The average molecular weight is 719 g/mol. The van der Waals surface area contributed by atoms with Crippen LogP contribution in [0.1, 0.15) is 36.4 Å². The molecule has 2 N–H and O–H groups in total. The zero-order chi connectivity index (χ0) is 35.7. The highest BCUT2D eigenvalue weighted by atomic mass is 32.2. The minimum absolute atomic E-state index is 0.0495. The fraction of sp³-hybridized carbons (Fsp3) is 0.278. The summed E-state index contributed by atoms with van der Waals surface area (Å²) in [7, 11) is -4.08. The lowest BCUT2D eigenvalue weighted by Gasteiger charge is -2.34. The monoisotopic (exact) mass is 718 g/mol. The van der Waals surface area contributed by atoms with E-state index in [1.165, 1.54) is 21.7 Å². The minimum atomic E-state index is -4.08. The van der Waals surface area contributed by atoms with E-state index in [2.05, 4.69) is 20.0 Å². The van der Waals surface area contributed by atoms with E-state index in [0.29, 0.717) is 23.8 Å². The van der Waals surface area contributed by atoms with E-state index >= 15 is 8.78 Å². The van der Waals surface area contributed by atoms with Crippen LogP contribution in [0.5, 0.6) is 0 Å². The molecule has 3 aromatic carbocycles. The lowest BCUT2D eigenvalue weighted by Crippen LogP contribution is -2.50. The van der Waals surface area contributed by atoms with Crippen molar-refractivity contribution in [3.63, 3.8) is 0 Å². The second-order valence-corrected chi connectivity index (χ2v) is 14.4. The van der Waals surface area contributed by atoms with Crippen LogP contribution < -0.4 is 15.6 Å². The van der Waals surface area contributed by atoms with Crippen molar-refractivity contribution in [1.29, 1.82) is 0 Å². The van der Waals surface area contributed by atoms with Gasteiger partial charge in [0, 0.05) is 42.2 Å². The molecule has 2 aliphatic rings. The number of likely N-dealkylation sites (tertiary alicyclic amines) is 1. The molecule has 1 saturated carbocycles. The van der Waals surface area contributed by atoms with Crippen molar-refractivity contribution in [3.8, 4) is 11.1 Å². The number of rotatable bonds is 10. The molecule has 51 heavy (non-hydrogen) atoms. The normalized spacial score (nSPS) is 17.7. The molecule has 264 valence electrons. The van der Waals surface area contributed by atoms with Crippen LogP contribution in [0.25, 0.3) is 22.2 Å². The maximum absolute atomic E-state index is 15.6. The van der Waals surface area contributed by atoms with Crippen molar-refractivity contribution in [2.24, 2.45) is 0 Å². The standard InChI is InChI=1S/C36H33F3N6O5S/c37-25-16-26(19-44(18-25)36(47)50-20-22-7-3-1-4-8-22)41-35-40-17-24-15-29(34(46)45(27-11-12-27)33(24)42-35)28-13-14-30(32(39)31(28)38)43-51(48,49)21-23-9-5-2-6-10-23/h1-10,13-15,17,25-27,43H,11-12,16,18-21H2,(H,40,41,42)/t25-,26-/m0/s1. The molecule has 1 amide bonds. The van der Waals surface area contributed by atoms with Crippen molar-refractivity contribution >= 4 is 38.8 Å². The average Bonchev–Trinajstić information content (AvgIpc) is 3.95. The number of fused-ring (bicyclic) bond motifs is 1. The van der Waals surface area contributed by atoms with Gasteiger partial charge in [-0.05, 0) is 42.2 Å². The number of carbonyl (C=O) groups is 1. The summed E-state index contributed by atoms with van der Waals surface area (Å²) in [6.07, 6.45) is 0.862. The largest absolute Gasteiger partial charge is 0.445 e. The molecule has 0 unspecified atom stereocenters. The van der Waals surface area contributed by atoms with E-state index in [1.54, 1.807) is 30.3 Å². The summed E-state index contributed by atoms with van der Waals surface area (Å²) in [5.41, 5.74) is -0.179. The number of hydrogen-bond donors (Lipinski definition) is 2. The van der Waals surface area contributed by atoms with Crippen LogP contribution in [-0.2, 0) is 27.1 Å². The molecule has 0 bridgehead atoms. The highest BCUT2D eigenvalue weighted by molar-refractivity contribution is 7.91. The summed E-state index contributed by atoms with van der Waals surface area (Å²) in [6, 6.07) is 20.2. The molecule has 2 atom stereocenters. The predicted octanol–water partition coefficient (Wildman–Crippen LogP) is 6.17. The van der Waals surface area contributed by atoms with Crippen molar-refractivity contribution < 1.29 is 31.1 Å². The van der Waals surface area contributed by atoms with E-state index < -0.39 is 57.0 Å². The summed E-state index contributed by atoms with van der Waals surface area (Å²) in [5.74, 6) is -3.18. The number of piperidine rings is 1. The number of hydrogen-bond acceptors (Lipinski definition) is 8. The zero-order valence-electron chi connectivity index (χ0n) is 27.1. The second kappa shape index (κ2) is 14.1. The smallest absolute Gasteiger partial charge is 0.410 e. The Bertz CT molecular complexity index is 2260. The van der Waals surface area contributed by atoms with E-state index in [4.69, 9.17) is 4.74 Å². The highest BCUT2D eigenvalue weighted by Crippen LogP contribution is 2.37. The van der Waals surface area contributed by atoms with Crippen LogP contribution in [0.2, 0.25) is 0 Å². The molecule has 0 radical (unpaired) electrons. The van der Waals surface area contributed by atoms with Crippen molar-refractivity contribution in [1.82, 2.24) is 19.4 Å². The Balaban J connectivity index is 1.12. The van der Waals surface area contributed by atoms with Gasteiger partial charge < -0.3 is 15.0 Å². The highest BCUT2D eigenvalue weighted by Gasteiger charge is 2.33. The Morgan fingerprint density at radius 3 is 2.33 bits per heavy atom. The van der Waals surface area contributed by atoms with Crippen molar-refractivity contribution in [2.45, 2.75) is 49.9 Å². The Morgan fingerprint density at radius 2 is 1.63 bits per heavy atom. The maximum Gasteiger partial charge on any atom is 0.410 e. The van der Waals surface area contributed by atoms with Crippen molar-refractivity contribution in [2.75, 3.05) is 23.1 Å². The molecule has 7 rings (SSSR count). The van der Waals surface area contributed by atoms with Crippen LogP contribution in [0.4, 0.5) is 29.6 Å². The summed E-state index contributed by atoms with van der Waals surface area (Å²) in [4.78, 5) is 36.8. The third kappa shape index (κ3) is 7.67. The summed E-state index contributed by atoms with van der Waals surface area (Å²) < 4.78 is 80.0. The summed E-state index contributed by atoms with van der Waals surface area (Å²) in [5, 5.41) is 3.45. The molecule has 1 aliphatic heterocycles. The first-order valence-corrected chi connectivity index (χ1v) is 18.0. The zero-order valence-corrected chi connectivity index (χ0v) is 28.0. The number of anilines is 2. The van der Waals surface area contributed by atoms with Crippen LogP contribution in [0, 0.1) is 11.6 Å². The first-order valence-electron chi connectivity index (χ1n) is 16.4. The van der Waals surface area contributed by atoms with Gasteiger partial charge in [0.15, 0.2) is 11.6 Å². The van der Waals surface area contributed by atoms with Gasteiger partial charge in [0.2, 0.25) is 16.0 Å². The van der Waals surface area contributed by atoms with Crippen molar-refractivity contribution in [3.05, 3.63) is 118 Å². The van der Waals surface area contributed by atoms with Gasteiger partial charge in [-0.3, -0.25) is 14.1 Å². The Kier molecular flexibility index (Phi) is 9.38. The van der Waals surface area contributed by atoms with Crippen LogP contribution in [0.15, 0.2) is 89.9 Å². The number of benzene rings is 3. The van der Waals surface area contributed by atoms with Gasteiger partial charge in [-0.15, -0.1) is 0 Å². The van der Waals surface area contributed by atoms with Gasteiger partial charge in [-0.25, -0.2) is 31.4 Å². The first-order chi connectivity index (χ1) is 24.5. The molecule has 2 fully saturated rings. The Morgan fingerprint density at radius 1 is 0.922 bits per heavy atom. The fourth-order valence-electron chi connectivity index (χ4n) is 6.17. The number of sulfonamides is 1. The first kappa shape index (κ1) is 34.0. The molecule has 3 heterocycles. The van der Waals surface area contributed by atoms with E-state index in [1.807, 2.05) is 30.3 Å². The molecule has 11 nitrogen and oxygen atoms in total. The molecular weight excluding hydrogens is 685 g/mol. The lowest BCUT2D eigenvalue weighted by atomic mass is 10.0. The molecular formula is C36H33F3N6O5S. The van der Waals surface area contributed by atoms with E-state index in [0.717, 1.165) is 17.7 Å². The molecule has 5 aromatic rings. The fourth-order valence-corrected chi connectivity index (χ4v) is 7.37. The van der Waals surface area contributed by atoms with Gasteiger partial charge in [-0.1, -0.05) is 60.7 Å². The number of carbonyl (C=O) groups excluding carboxylic acids is 1. The molecule has 1 saturated heterocycles. The Hall–Kier alpha value is -5.44. The number of nitrogens with zero attached hydrogens (tertiary/aromatic N) is 4. The number of alkyl halides is 1. The number of pyridine rings is 1. The number of halogens is 3.